The highest BCUT2D eigenvalue weighted by atomic mass is 16.5. The summed E-state index contributed by atoms with van der Waals surface area (Å²) in [7, 11) is 2.53. The summed E-state index contributed by atoms with van der Waals surface area (Å²) in [6.07, 6.45) is 7.36. The van der Waals surface area contributed by atoms with Crippen LogP contribution in [0.2, 0.25) is 0 Å². The van der Waals surface area contributed by atoms with Gasteiger partial charge >= 0.3 is 11.9 Å². The van der Waals surface area contributed by atoms with E-state index in [1.54, 1.807) is 17.3 Å². The van der Waals surface area contributed by atoms with Gasteiger partial charge in [0, 0.05) is 18.1 Å². The van der Waals surface area contributed by atoms with Crippen molar-refractivity contribution in [2.45, 2.75) is 0 Å². The smallest absolute Gasteiger partial charge is 0.355 e. The number of benzene rings is 1. The minimum absolute atomic E-state index is 0.0186. The molecule has 1 aliphatic rings. The van der Waals surface area contributed by atoms with E-state index in [1.807, 2.05) is 48.6 Å². The Bertz CT molecular complexity index is 921. The zero-order chi connectivity index (χ0) is 19.9. The van der Waals surface area contributed by atoms with Gasteiger partial charge in [-0.2, -0.15) is 0 Å². The normalized spacial score (nSPS) is 14.3. The summed E-state index contributed by atoms with van der Waals surface area (Å²) in [6.45, 7) is 0.0949. The van der Waals surface area contributed by atoms with E-state index in [9.17, 15) is 9.59 Å². The number of hydrogen-bond acceptors (Lipinski definition) is 7. The van der Waals surface area contributed by atoms with Gasteiger partial charge in [-0.3, -0.25) is 4.98 Å². The summed E-state index contributed by atoms with van der Waals surface area (Å²) in [5.74, 6) is -1.25. The lowest BCUT2D eigenvalue weighted by Crippen LogP contribution is -2.38. The van der Waals surface area contributed by atoms with Crippen LogP contribution >= 0.6 is 0 Å². The number of nitrogens with zero attached hydrogens (tertiary/aromatic N) is 2. The molecule has 1 aliphatic heterocycles. The molecular weight excluding hydrogens is 360 g/mol. The third kappa shape index (κ3) is 4.27. The Kier molecular flexibility index (Phi) is 6.18. The van der Waals surface area contributed by atoms with Crippen molar-refractivity contribution >= 4 is 29.8 Å². The number of methoxy groups -OCH3 is 2. The molecule has 0 saturated carbocycles. The number of carbonyl (C=O) groups is 2. The summed E-state index contributed by atoms with van der Waals surface area (Å²) < 4.78 is 15.2. The molecule has 2 aromatic rings. The first-order valence-corrected chi connectivity index (χ1v) is 8.57. The second-order valence-corrected chi connectivity index (χ2v) is 5.92. The number of esters is 2. The first kappa shape index (κ1) is 19.3. The third-order valence-corrected chi connectivity index (χ3v) is 4.19. The number of ether oxygens (including phenoxy) is 3. The van der Waals surface area contributed by atoms with Crippen molar-refractivity contribution < 1.29 is 23.8 Å². The van der Waals surface area contributed by atoms with Crippen molar-refractivity contribution in [2.24, 2.45) is 0 Å². The lowest BCUT2D eigenvalue weighted by molar-refractivity contribution is -0.140. The largest absolute Gasteiger partial charge is 0.466 e. The lowest BCUT2D eigenvalue weighted by Gasteiger charge is -2.31. The zero-order valence-corrected chi connectivity index (χ0v) is 15.6. The van der Waals surface area contributed by atoms with E-state index in [0.29, 0.717) is 5.69 Å². The van der Waals surface area contributed by atoms with E-state index in [4.69, 9.17) is 14.2 Å². The Morgan fingerprint density at radius 2 is 1.75 bits per heavy atom. The first-order chi connectivity index (χ1) is 13.6. The monoisotopic (exact) mass is 380 g/mol. The van der Waals surface area contributed by atoms with Gasteiger partial charge in [0.25, 0.3) is 0 Å². The molecule has 0 atom stereocenters. The molecule has 0 N–H and O–H groups in total. The lowest BCUT2D eigenvalue weighted by atomic mass is 10.1. The minimum atomic E-state index is -0.626. The molecule has 28 heavy (non-hydrogen) atoms. The zero-order valence-electron chi connectivity index (χ0n) is 15.6. The fourth-order valence-corrected chi connectivity index (χ4v) is 2.81. The Morgan fingerprint density at radius 3 is 2.46 bits per heavy atom. The Hall–Kier alpha value is -3.45. The highest BCUT2D eigenvalue weighted by molar-refractivity contribution is 6.03. The summed E-state index contributed by atoms with van der Waals surface area (Å²) in [5.41, 5.74) is 2.88. The van der Waals surface area contributed by atoms with Crippen LogP contribution in [0.15, 0.2) is 60.1 Å². The van der Waals surface area contributed by atoms with Crippen LogP contribution in [0.4, 0.5) is 5.69 Å². The van der Waals surface area contributed by atoms with Gasteiger partial charge in [0.15, 0.2) is 0 Å². The summed E-state index contributed by atoms with van der Waals surface area (Å²) >= 11 is 0. The molecule has 3 rings (SSSR count). The van der Waals surface area contributed by atoms with Crippen LogP contribution in [0.1, 0.15) is 11.1 Å². The number of rotatable bonds is 5. The molecule has 0 spiro atoms. The second-order valence-electron chi connectivity index (χ2n) is 5.92. The number of anilines is 1. The molecule has 7 heteroatoms. The van der Waals surface area contributed by atoms with Gasteiger partial charge in [-0.1, -0.05) is 24.3 Å². The molecule has 0 bridgehead atoms. The number of aromatic nitrogens is 1. The molecule has 2 heterocycles. The number of hydrogen-bond donors (Lipinski definition) is 0. The van der Waals surface area contributed by atoms with Gasteiger partial charge in [-0.25, -0.2) is 9.59 Å². The van der Waals surface area contributed by atoms with Crippen LogP contribution in [0, 0.1) is 0 Å². The maximum absolute atomic E-state index is 12.4. The van der Waals surface area contributed by atoms with Crippen LogP contribution in [0.3, 0.4) is 0 Å². The molecule has 144 valence electrons. The average Bonchev–Trinajstić information content (AvgIpc) is 2.77. The standard InChI is InChI=1S/C21H20N2O5/c1-26-20(24)18-13-28-14-23(19(18)21(25)27-2)17-5-3-4-16(12-17)7-6-15-8-10-22-11-9-15/h3-12H,13-14H2,1-2H3. The van der Waals surface area contributed by atoms with Gasteiger partial charge in [0.2, 0.25) is 0 Å². The number of carbonyl (C=O) groups excluding carboxylic acids is 2. The highest BCUT2D eigenvalue weighted by Crippen LogP contribution is 2.27. The Morgan fingerprint density at radius 1 is 1.04 bits per heavy atom. The van der Waals surface area contributed by atoms with E-state index in [0.717, 1.165) is 11.1 Å². The van der Waals surface area contributed by atoms with E-state index in [2.05, 4.69) is 4.98 Å². The Balaban J connectivity index is 1.96. The van der Waals surface area contributed by atoms with Crippen molar-refractivity contribution in [1.29, 1.82) is 0 Å². The molecule has 1 aromatic heterocycles. The second kappa shape index (κ2) is 8.96. The van der Waals surface area contributed by atoms with Crippen molar-refractivity contribution in [1.82, 2.24) is 4.98 Å². The van der Waals surface area contributed by atoms with Gasteiger partial charge in [-0.15, -0.1) is 0 Å². The van der Waals surface area contributed by atoms with E-state index >= 15 is 0 Å². The van der Waals surface area contributed by atoms with Crippen molar-refractivity contribution in [3.05, 3.63) is 71.2 Å². The van der Waals surface area contributed by atoms with Gasteiger partial charge < -0.3 is 19.1 Å². The molecule has 0 saturated heterocycles. The summed E-state index contributed by atoms with van der Waals surface area (Å²) in [6, 6.07) is 11.3. The topological polar surface area (TPSA) is 78.0 Å². The molecule has 0 amide bonds. The molecule has 7 nitrogen and oxygen atoms in total. The van der Waals surface area contributed by atoms with E-state index in [-0.39, 0.29) is 24.6 Å². The Labute approximate surface area is 162 Å². The first-order valence-electron chi connectivity index (χ1n) is 8.57. The minimum Gasteiger partial charge on any atom is -0.466 e. The van der Waals surface area contributed by atoms with Crippen LogP contribution < -0.4 is 4.90 Å². The quantitative estimate of drug-likeness (QED) is 0.738. The molecular formula is C21H20N2O5. The van der Waals surface area contributed by atoms with Crippen molar-refractivity contribution in [3.63, 3.8) is 0 Å². The van der Waals surface area contributed by atoms with Gasteiger partial charge in [0.1, 0.15) is 12.4 Å². The molecule has 0 fully saturated rings. The van der Waals surface area contributed by atoms with E-state index in [1.165, 1.54) is 14.2 Å². The van der Waals surface area contributed by atoms with Crippen LogP contribution in [-0.4, -0.2) is 44.5 Å². The molecule has 0 aliphatic carbocycles. The van der Waals surface area contributed by atoms with Crippen LogP contribution in [0.25, 0.3) is 12.2 Å². The van der Waals surface area contributed by atoms with Crippen LogP contribution in [0.5, 0.6) is 0 Å². The predicted molar refractivity (Wildman–Crippen MR) is 104 cm³/mol. The van der Waals surface area contributed by atoms with Gasteiger partial charge in [-0.05, 0) is 35.4 Å². The summed E-state index contributed by atoms with van der Waals surface area (Å²) in [5, 5.41) is 0. The predicted octanol–water partition coefficient (Wildman–Crippen LogP) is 2.65. The SMILES string of the molecule is COC(=O)C1=C(C(=O)OC)N(c2cccc(C=Cc3ccncc3)c2)COC1. The van der Waals surface area contributed by atoms with Gasteiger partial charge in [0.05, 0.1) is 26.4 Å². The maximum Gasteiger partial charge on any atom is 0.355 e. The highest BCUT2D eigenvalue weighted by Gasteiger charge is 2.32. The fraction of sp³-hybridized carbons (Fsp3) is 0.190. The van der Waals surface area contributed by atoms with E-state index < -0.39 is 11.9 Å². The molecule has 0 unspecified atom stereocenters. The average molecular weight is 380 g/mol. The van der Waals surface area contributed by atoms with Crippen molar-refractivity contribution in [2.75, 3.05) is 32.5 Å². The van der Waals surface area contributed by atoms with Crippen molar-refractivity contribution in [3.8, 4) is 0 Å². The van der Waals surface area contributed by atoms with Crippen LogP contribution in [-0.2, 0) is 23.8 Å². The number of pyridine rings is 1. The third-order valence-electron chi connectivity index (χ3n) is 4.19. The summed E-state index contributed by atoms with van der Waals surface area (Å²) in [4.78, 5) is 30.1. The fourth-order valence-electron chi connectivity index (χ4n) is 2.81. The molecule has 0 radical (unpaired) electrons. The molecule has 1 aromatic carbocycles. The maximum atomic E-state index is 12.4.